The molecule has 8 heteroatoms. The van der Waals surface area contributed by atoms with Crippen LogP contribution in [0.3, 0.4) is 0 Å². The minimum Gasteiger partial charge on any atom is -0.311 e. The first-order chi connectivity index (χ1) is 10.9. The van der Waals surface area contributed by atoms with Crippen molar-refractivity contribution in [3.05, 3.63) is 48.0 Å². The molecule has 0 spiro atoms. The number of benzene rings is 2. The Hall–Kier alpha value is -1.00. The van der Waals surface area contributed by atoms with E-state index in [0.29, 0.717) is 5.56 Å². The highest BCUT2D eigenvalue weighted by atomic mass is 31.2. The lowest BCUT2D eigenvalue weighted by molar-refractivity contribution is 0.247. The van der Waals surface area contributed by atoms with Crippen molar-refractivity contribution in [1.29, 1.82) is 0 Å². The van der Waals surface area contributed by atoms with Crippen molar-refractivity contribution in [2.75, 3.05) is 28.4 Å². The largest absolute Gasteiger partial charge is 0.349 e. The molecule has 0 N–H and O–H groups in total. The molecule has 23 heavy (non-hydrogen) atoms. The molecule has 0 aliphatic rings. The second-order valence-corrected chi connectivity index (χ2v) is 9.85. The van der Waals surface area contributed by atoms with Gasteiger partial charge in [0.2, 0.25) is 0 Å². The predicted octanol–water partition coefficient (Wildman–Crippen LogP) is 4.81. The first kappa shape index (κ1) is 18.3. The molecule has 0 unspecified atom stereocenters. The van der Waals surface area contributed by atoms with Gasteiger partial charge in [-0.1, -0.05) is 36.4 Å². The van der Waals surface area contributed by atoms with Crippen LogP contribution in [0.4, 0.5) is 0 Å². The second-order valence-electron chi connectivity index (χ2n) is 4.79. The highest BCUT2D eigenvalue weighted by Crippen LogP contribution is 2.77. The van der Waals surface area contributed by atoms with Crippen molar-refractivity contribution in [2.45, 2.75) is 5.40 Å². The van der Waals surface area contributed by atoms with E-state index in [4.69, 9.17) is 18.1 Å². The van der Waals surface area contributed by atoms with E-state index in [1.807, 2.05) is 30.3 Å². The average molecular weight is 358 g/mol. The highest BCUT2D eigenvalue weighted by molar-refractivity contribution is 7.72. The average Bonchev–Trinajstić information content (AvgIpc) is 2.61. The van der Waals surface area contributed by atoms with E-state index in [1.54, 1.807) is 12.1 Å². The van der Waals surface area contributed by atoms with E-state index < -0.39 is 20.6 Å². The van der Waals surface area contributed by atoms with Crippen molar-refractivity contribution in [3.8, 4) is 0 Å². The van der Waals surface area contributed by atoms with Gasteiger partial charge in [0.25, 0.3) is 0 Å². The number of rotatable bonds is 7. The maximum Gasteiger partial charge on any atom is 0.349 e. The molecule has 0 saturated heterocycles. The molecule has 0 aromatic heterocycles. The Morgan fingerprint density at radius 3 is 1.70 bits per heavy atom. The Morgan fingerprint density at radius 2 is 1.22 bits per heavy atom. The van der Waals surface area contributed by atoms with Crippen LogP contribution in [-0.2, 0) is 27.2 Å². The molecule has 0 saturated carbocycles. The quantitative estimate of drug-likeness (QED) is 0.662. The van der Waals surface area contributed by atoms with Gasteiger partial charge in [0, 0.05) is 28.4 Å². The van der Waals surface area contributed by atoms with Crippen molar-refractivity contribution in [3.63, 3.8) is 0 Å². The third kappa shape index (κ3) is 3.43. The summed E-state index contributed by atoms with van der Waals surface area (Å²) in [6.45, 7) is 0. The van der Waals surface area contributed by atoms with Crippen LogP contribution in [-0.4, -0.2) is 28.4 Å². The third-order valence-electron chi connectivity index (χ3n) is 3.69. The lowest BCUT2D eigenvalue weighted by atomic mass is 10.1. The van der Waals surface area contributed by atoms with Gasteiger partial charge in [0.15, 0.2) is 5.40 Å². The number of fused-ring (bicyclic) bond motifs is 1. The summed E-state index contributed by atoms with van der Waals surface area (Å²) in [5, 5.41) is 0.737. The topological polar surface area (TPSA) is 71.1 Å². The van der Waals surface area contributed by atoms with E-state index in [1.165, 1.54) is 28.4 Å². The summed E-state index contributed by atoms with van der Waals surface area (Å²) < 4.78 is 46.2. The van der Waals surface area contributed by atoms with Gasteiger partial charge < -0.3 is 18.1 Å². The molecule has 2 rings (SSSR count). The molecule has 2 aromatic rings. The van der Waals surface area contributed by atoms with Crippen molar-refractivity contribution in [2.24, 2.45) is 0 Å². The molecule has 0 bridgehead atoms. The lowest BCUT2D eigenvalue weighted by Crippen LogP contribution is -2.07. The fraction of sp³-hybridized carbons (Fsp3) is 0.333. The minimum atomic E-state index is -3.76. The van der Waals surface area contributed by atoms with Gasteiger partial charge in [-0.25, -0.2) is 0 Å². The van der Waals surface area contributed by atoms with Gasteiger partial charge >= 0.3 is 15.2 Å². The Labute approximate surface area is 135 Å². The van der Waals surface area contributed by atoms with E-state index >= 15 is 0 Å². The van der Waals surface area contributed by atoms with E-state index in [2.05, 4.69) is 0 Å². The summed E-state index contributed by atoms with van der Waals surface area (Å²) in [4.78, 5) is 0. The second kappa shape index (κ2) is 7.27. The van der Waals surface area contributed by atoms with Crippen LogP contribution in [0.1, 0.15) is 11.0 Å². The Morgan fingerprint density at radius 1 is 0.739 bits per heavy atom. The lowest BCUT2D eigenvalue weighted by Gasteiger charge is -2.29. The summed E-state index contributed by atoms with van der Waals surface area (Å²) in [6, 6.07) is 13.0. The van der Waals surface area contributed by atoms with Gasteiger partial charge in [0.05, 0.1) is 0 Å². The zero-order chi connectivity index (χ0) is 17.1. The number of hydrogen-bond acceptors (Lipinski definition) is 6. The standard InChI is InChI=1S/C15H20O6P2/c1-18-22(16,19-2)15(23(17,20-3)21-4)14-10-9-12-7-5-6-8-13(12)11-14/h5-11,15H,1-4H3. The smallest absolute Gasteiger partial charge is 0.311 e. The molecule has 0 fully saturated rings. The predicted molar refractivity (Wildman–Crippen MR) is 89.9 cm³/mol. The summed E-state index contributed by atoms with van der Waals surface area (Å²) in [5.74, 6) is 0. The van der Waals surface area contributed by atoms with Gasteiger partial charge in [-0.2, -0.15) is 0 Å². The molecular formula is C15H20O6P2. The molecule has 126 valence electrons. The molecular weight excluding hydrogens is 338 g/mol. The third-order valence-corrected chi connectivity index (χ3v) is 9.22. The normalized spacial score (nSPS) is 12.9. The van der Waals surface area contributed by atoms with Crippen LogP contribution < -0.4 is 0 Å². The molecule has 6 nitrogen and oxygen atoms in total. The van der Waals surface area contributed by atoms with Crippen LogP contribution in [0.5, 0.6) is 0 Å². The van der Waals surface area contributed by atoms with Crippen molar-refractivity contribution >= 4 is 26.0 Å². The monoisotopic (exact) mass is 358 g/mol. The SMILES string of the molecule is COP(=O)(OC)C(c1ccc2ccccc2c1)P(=O)(OC)OC. The van der Waals surface area contributed by atoms with E-state index in [-0.39, 0.29) is 0 Å². The zero-order valence-electron chi connectivity index (χ0n) is 13.5. The molecule has 0 amide bonds. The molecule has 0 atom stereocenters. The first-order valence-corrected chi connectivity index (χ1v) is 10.1. The molecule has 0 aliphatic heterocycles. The maximum atomic E-state index is 13.0. The molecule has 0 heterocycles. The minimum absolute atomic E-state index is 0.503. The fourth-order valence-corrected chi connectivity index (χ4v) is 7.12. The van der Waals surface area contributed by atoms with Crippen LogP contribution in [0.2, 0.25) is 0 Å². The van der Waals surface area contributed by atoms with Gasteiger partial charge in [-0.3, -0.25) is 9.13 Å². The van der Waals surface area contributed by atoms with Gasteiger partial charge in [-0.05, 0) is 22.4 Å². The Balaban J connectivity index is 2.69. The molecule has 0 aliphatic carbocycles. The van der Waals surface area contributed by atoms with Crippen LogP contribution in [0, 0.1) is 0 Å². The number of hydrogen-bond donors (Lipinski definition) is 0. The van der Waals surface area contributed by atoms with Gasteiger partial charge in [0.1, 0.15) is 0 Å². The molecule has 0 radical (unpaired) electrons. The summed E-state index contributed by atoms with van der Waals surface area (Å²) in [7, 11) is -2.54. The van der Waals surface area contributed by atoms with Crippen molar-refractivity contribution < 1.29 is 27.2 Å². The molecule has 2 aromatic carbocycles. The summed E-state index contributed by atoms with van der Waals surface area (Å²) in [6.07, 6.45) is 0. The van der Waals surface area contributed by atoms with E-state index in [0.717, 1.165) is 10.8 Å². The maximum absolute atomic E-state index is 13.0. The summed E-state index contributed by atoms with van der Waals surface area (Å²) in [5.41, 5.74) is 0.503. The first-order valence-electron chi connectivity index (χ1n) is 6.85. The van der Waals surface area contributed by atoms with Gasteiger partial charge in [-0.15, -0.1) is 0 Å². The fourth-order valence-electron chi connectivity index (χ4n) is 2.46. The van der Waals surface area contributed by atoms with E-state index in [9.17, 15) is 9.13 Å². The van der Waals surface area contributed by atoms with Crippen LogP contribution in [0.15, 0.2) is 42.5 Å². The Kier molecular flexibility index (Phi) is 5.79. The van der Waals surface area contributed by atoms with Crippen LogP contribution >= 0.6 is 15.2 Å². The highest BCUT2D eigenvalue weighted by Gasteiger charge is 2.50. The van der Waals surface area contributed by atoms with Crippen molar-refractivity contribution in [1.82, 2.24) is 0 Å². The zero-order valence-corrected chi connectivity index (χ0v) is 15.3. The Bertz CT molecular complexity index is 733. The van der Waals surface area contributed by atoms with Crippen LogP contribution in [0.25, 0.3) is 10.8 Å². The summed E-state index contributed by atoms with van der Waals surface area (Å²) >= 11 is 0.